The van der Waals surface area contributed by atoms with E-state index in [0.717, 1.165) is 11.3 Å². The summed E-state index contributed by atoms with van der Waals surface area (Å²) in [6.07, 6.45) is -1.86. The topological polar surface area (TPSA) is 139 Å². The Morgan fingerprint density at radius 3 is 2.43 bits per heavy atom. The molecule has 2 rings (SSSR count). The molecule has 0 bridgehead atoms. The van der Waals surface area contributed by atoms with Crippen LogP contribution in [0.5, 0.6) is 0 Å². The van der Waals surface area contributed by atoms with Crippen molar-refractivity contribution in [2.75, 3.05) is 30.3 Å². The van der Waals surface area contributed by atoms with Crippen molar-refractivity contribution in [2.45, 2.75) is 19.1 Å². The number of anilines is 2. The molecule has 2 heterocycles. The quantitative estimate of drug-likeness (QED) is 0.530. The van der Waals surface area contributed by atoms with Crippen molar-refractivity contribution in [1.29, 1.82) is 0 Å². The van der Waals surface area contributed by atoms with Crippen LogP contribution in [0.4, 0.5) is 10.7 Å². The van der Waals surface area contributed by atoms with Crippen LogP contribution in [-0.2, 0) is 4.74 Å². The molecule has 0 radical (unpaired) electrons. The number of nitrogen functional groups attached to an aromatic ring is 1. The Labute approximate surface area is 124 Å². The van der Waals surface area contributed by atoms with Crippen LogP contribution in [0.1, 0.15) is 27.0 Å². The maximum Gasteiger partial charge on any atom is 0.350 e. The van der Waals surface area contributed by atoms with E-state index in [1.54, 1.807) is 11.8 Å². The maximum absolute atomic E-state index is 11.8. The number of rotatable bonds is 4. The molecular weight excluding hydrogens is 298 g/mol. The van der Waals surface area contributed by atoms with Crippen LogP contribution in [-0.4, -0.2) is 54.0 Å². The molecule has 0 spiro atoms. The SMILES string of the molecule is CCOC(=O)c1sc(N2CC(O)C(O)C2)c(C(N)=O)c1N. The highest BCUT2D eigenvalue weighted by molar-refractivity contribution is 7.19. The molecule has 0 aromatic carbocycles. The average molecular weight is 315 g/mol. The minimum Gasteiger partial charge on any atom is -0.462 e. The summed E-state index contributed by atoms with van der Waals surface area (Å²) in [5, 5.41) is 19.6. The number of nitrogens with zero attached hydrogens (tertiary/aromatic N) is 1. The van der Waals surface area contributed by atoms with Gasteiger partial charge in [-0.05, 0) is 6.92 Å². The van der Waals surface area contributed by atoms with Crippen LogP contribution in [0.2, 0.25) is 0 Å². The Hall–Kier alpha value is -1.84. The zero-order chi connectivity index (χ0) is 15.7. The van der Waals surface area contributed by atoms with Gasteiger partial charge in [-0.2, -0.15) is 0 Å². The summed E-state index contributed by atoms with van der Waals surface area (Å²) in [5.41, 5.74) is 11.1. The summed E-state index contributed by atoms with van der Waals surface area (Å²) in [4.78, 5) is 25.1. The highest BCUT2D eigenvalue weighted by Gasteiger charge is 2.35. The first-order valence-electron chi connectivity index (χ1n) is 6.37. The fraction of sp³-hybridized carbons (Fsp3) is 0.500. The first-order chi connectivity index (χ1) is 9.86. The molecule has 0 saturated carbocycles. The van der Waals surface area contributed by atoms with E-state index in [4.69, 9.17) is 16.2 Å². The second-order valence-electron chi connectivity index (χ2n) is 4.65. The number of esters is 1. The lowest BCUT2D eigenvalue weighted by molar-refractivity contribution is 0.0533. The van der Waals surface area contributed by atoms with Crippen molar-refractivity contribution in [3.05, 3.63) is 10.4 Å². The van der Waals surface area contributed by atoms with Crippen molar-refractivity contribution in [2.24, 2.45) is 5.73 Å². The predicted octanol–water partition coefficient (Wildman–Crippen LogP) is -0.852. The standard InChI is InChI=1S/C12H17N3O5S/c1-2-20-12(19)9-8(13)7(10(14)18)11(21-9)15-3-5(16)6(17)4-15/h5-6,16-17H,2-4,13H2,1H3,(H2,14,18). The van der Waals surface area contributed by atoms with Crippen molar-refractivity contribution < 1.29 is 24.5 Å². The third-order valence-electron chi connectivity index (χ3n) is 3.18. The fourth-order valence-electron chi connectivity index (χ4n) is 2.18. The molecule has 1 amide bonds. The molecule has 1 aliphatic heterocycles. The smallest absolute Gasteiger partial charge is 0.350 e. The normalized spacial score (nSPS) is 21.6. The molecule has 1 aromatic heterocycles. The van der Waals surface area contributed by atoms with Gasteiger partial charge in [0.1, 0.15) is 9.88 Å². The first kappa shape index (κ1) is 15.5. The van der Waals surface area contributed by atoms with Crippen molar-refractivity contribution in [1.82, 2.24) is 0 Å². The second kappa shape index (κ2) is 5.88. The van der Waals surface area contributed by atoms with E-state index in [2.05, 4.69) is 0 Å². The molecule has 0 aliphatic carbocycles. The van der Waals surface area contributed by atoms with E-state index in [1.807, 2.05) is 0 Å². The largest absolute Gasteiger partial charge is 0.462 e. The van der Waals surface area contributed by atoms with Gasteiger partial charge in [0, 0.05) is 13.1 Å². The zero-order valence-electron chi connectivity index (χ0n) is 11.4. The number of primary amides is 1. The Balaban J connectivity index is 2.43. The number of carbonyl (C=O) groups is 2. The number of hydrogen-bond acceptors (Lipinski definition) is 8. The first-order valence-corrected chi connectivity index (χ1v) is 7.18. The maximum atomic E-state index is 11.8. The van der Waals surface area contributed by atoms with E-state index >= 15 is 0 Å². The Morgan fingerprint density at radius 1 is 1.38 bits per heavy atom. The third-order valence-corrected chi connectivity index (χ3v) is 4.43. The summed E-state index contributed by atoms with van der Waals surface area (Å²) in [7, 11) is 0. The number of aliphatic hydroxyl groups is 2. The molecular formula is C12H17N3O5S. The van der Waals surface area contributed by atoms with Gasteiger partial charge in [-0.15, -0.1) is 11.3 Å². The van der Waals surface area contributed by atoms with E-state index in [9.17, 15) is 19.8 Å². The van der Waals surface area contributed by atoms with Crippen LogP contribution in [0.25, 0.3) is 0 Å². The van der Waals surface area contributed by atoms with Gasteiger partial charge in [0.15, 0.2) is 0 Å². The van der Waals surface area contributed by atoms with Gasteiger partial charge in [0.25, 0.3) is 5.91 Å². The van der Waals surface area contributed by atoms with Gasteiger partial charge < -0.3 is 31.3 Å². The number of nitrogens with two attached hydrogens (primary N) is 2. The molecule has 2 unspecified atom stereocenters. The number of aliphatic hydroxyl groups excluding tert-OH is 2. The van der Waals surface area contributed by atoms with Crippen molar-refractivity contribution >= 4 is 33.9 Å². The van der Waals surface area contributed by atoms with Gasteiger partial charge in [-0.25, -0.2) is 4.79 Å². The average Bonchev–Trinajstić information content (AvgIpc) is 2.91. The van der Waals surface area contributed by atoms with E-state index in [1.165, 1.54) is 0 Å². The lowest BCUT2D eigenvalue weighted by Gasteiger charge is -2.16. The number of ether oxygens (including phenoxy) is 1. The molecule has 116 valence electrons. The number of hydrogen-bond donors (Lipinski definition) is 4. The Morgan fingerprint density at radius 2 is 1.95 bits per heavy atom. The number of β-amino-alcohol motifs (C(OH)–C–C–N with tert-alkyl or cyclic N) is 2. The van der Waals surface area contributed by atoms with Crippen molar-refractivity contribution in [3.8, 4) is 0 Å². The molecule has 6 N–H and O–H groups in total. The molecule has 2 atom stereocenters. The van der Waals surface area contributed by atoms with E-state index < -0.39 is 24.1 Å². The predicted molar refractivity (Wildman–Crippen MR) is 77.4 cm³/mol. The van der Waals surface area contributed by atoms with E-state index in [-0.39, 0.29) is 35.8 Å². The minimum absolute atomic E-state index is 0.0179. The lowest BCUT2D eigenvalue weighted by Crippen LogP contribution is -2.24. The van der Waals surface area contributed by atoms with Crippen LogP contribution >= 0.6 is 11.3 Å². The number of amides is 1. The van der Waals surface area contributed by atoms with Gasteiger partial charge in [-0.3, -0.25) is 4.79 Å². The lowest BCUT2D eigenvalue weighted by atomic mass is 10.2. The van der Waals surface area contributed by atoms with Crippen LogP contribution in [0.3, 0.4) is 0 Å². The molecule has 8 nitrogen and oxygen atoms in total. The molecule has 1 saturated heterocycles. The molecule has 1 aromatic rings. The monoisotopic (exact) mass is 315 g/mol. The fourth-order valence-corrected chi connectivity index (χ4v) is 3.31. The molecule has 1 aliphatic rings. The van der Waals surface area contributed by atoms with Gasteiger partial charge >= 0.3 is 5.97 Å². The third kappa shape index (κ3) is 2.80. The van der Waals surface area contributed by atoms with Crippen LogP contribution in [0, 0.1) is 0 Å². The Bertz CT molecular complexity index is 563. The Kier molecular flexibility index (Phi) is 4.35. The number of thiophene rings is 1. The highest BCUT2D eigenvalue weighted by atomic mass is 32.1. The highest BCUT2D eigenvalue weighted by Crippen LogP contribution is 2.39. The summed E-state index contributed by atoms with van der Waals surface area (Å²) < 4.78 is 4.88. The van der Waals surface area contributed by atoms with Gasteiger partial charge in [-0.1, -0.05) is 0 Å². The van der Waals surface area contributed by atoms with Crippen LogP contribution in [0.15, 0.2) is 0 Å². The molecule has 21 heavy (non-hydrogen) atoms. The zero-order valence-corrected chi connectivity index (χ0v) is 12.2. The molecule has 9 heteroatoms. The summed E-state index contributed by atoms with van der Waals surface area (Å²) in [5.74, 6) is -1.40. The van der Waals surface area contributed by atoms with Gasteiger partial charge in [0.2, 0.25) is 0 Å². The van der Waals surface area contributed by atoms with E-state index in [0.29, 0.717) is 5.00 Å². The minimum atomic E-state index is -0.930. The number of carbonyl (C=O) groups excluding carboxylic acids is 2. The van der Waals surface area contributed by atoms with Gasteiger partial charge in [0.05, 0.1) is 30.1 Å². The summed E-state index contributed by atoms with van der Waals surface area (Å²) >= 11 is 0.967. The second-order valence-corrected chi connectivity index (χ2v) is 5.65. The van der Waals surface area contributed by atoms with Crippen LogP contribution < -0.4 is 16.4 Å². The summed E-state index contributed by atoms with van der Waals surface area (Å²) in [6, 6.07) is 0. The van der Waals surface area contributed by atoms with Crippen molar-refractivity contribution in [3.63, 3.8) is 0 Å². The molecule has 1 fully saturated rings. The summed E-state index contributed by atoms with van der Waals surface area (Å²) in [6.45, 7) is 2.09.